The van der Waals surface area contributed by atoms with Crippen LogP contribution in [-0.2, 0) is 14.3 Å². The first-order valence-corrected chi connectivity index (χ1v) is 6.77. The highest BCUT2D eigenvalue weighted by atomic mass is 32.2. The van der Waals surface area contributed by atoms with Crippen LogP contribution in [0.2, 0.25) is 0 Å². The first-order chi connectivity index (χ1) is 8.70. The van der Waals surface area contributed by atoms with Gasteiger partial charge in [-0.2, -0.15) is 0 Å². The maximum atomic E-state index is 12.1. The number of hydrogen-bond donors (Lipinski definition) is 0. The van der Waals surface area contributed by atoms with Gasteiger partial charge in [-0.1, -0.05) is 30.3 Å². The maximum absolute atomic E-state index is 12.1. The molecule has 0 amide bonds. The third-order valence-electron chi connectivity index (χ3n) is 2.28. The van der Waals surface area contributed by atoms with Crippen molar-refractivity contribution < 1.29 is 19.1 Å². The smallest absolute Gasteiger partial charge is 0.327 e. The number of benzene rings is 1. The van der Waals surface area contributed by atoms with Crippen LogP contribution in [-0.4, -0.2) is 43.6 Å². The molecule has 1 unspecified atom stereocenters. The molecule has 0 N–H and O–H groups in total. The van der Waals surface area contributed by atoms with Crippen LogP contribution in [0.1, 0.15) is 10.4 Å². The van der Waals surface area contributed by atoms with Gasteiger partial charge in [0.05, 0.1) is 6.61 Å². The standard InChI is InChI=1S/C13H16O4S/c1-16-8-9-17-13(15)12(18-2)11(14)10-6-4-3-5-7-10/h3-7,12H,8-9H2,1-2H3. The summed E-state index contributed by atoms with van der Waals surface area (Å²) in [4.78, 5) is 23.8. The van der Waals surface area contributed by atoms with Crippen molar-refractivity contribution >= 4 is 23.5 Å². The summed E-state index contributed by atoms with van der Waals surface area (Å²) in [7, 11) is 1.52. The van der Waals surface area contributed by atoms with Gasteiger partial charge in [0.25, 0.3) is 0 Å². The first-order valence-electron chi connectivity index (χ1n) is 5.48. The Morgan fingerprint density at radius 1 is 1.22 bits per heavy atom. The Morgan fingerprint density at radius 3 is 2.44 bits per heavy atom. The molecule has 0 saturated heterocycles. The molecule has 0 aliphatic rings. The molecule has 0 heterocycles. The monoisotopic (exact) mass is 268 g/mol. The molecule has 0 radical (unpaired) electrons. The van der Waals surface area contributed by atoms with E-state index in [0.29, 0.717) is 12.2 Å². The molecule has 0 aliphatic carbocycles. The van der Waals surface area contributed by atoms with Crippen molar-refractivity contribution in [2.75, 3.05) is 26.6 Å². The summed E-state index contributed by atoms with van der Waals surface area (Å²) in [5.74, 6) is -0.751. The molecular weight excluding hydrogens is 252 g/mol. The van der Waals surface area contributed by atoms with Crippen molar-refractivity contribution in [1.82, 2.24) is 0 Å². The Kier molecular flexibility index (Phi) is 6.46. The van der Waals surface area contributed by atoms with Gasteiger partial charge in [-0.3, -0.25) is 9.59 Å². The maximum Gasteiger partial charge on any atom is 0.327 e. The Bertz CT molecular complexity index is 391. The van der Waals surface area contributed by atoms with E-state index in [4.69, 9.17) is 9.47 Å². The van der Waals surface area contributed by atoms with Gasteiger partial charge in [-0.05, 0) is 6.26 Å². The van der Waals surface area contributed by atoms with Crippen LogP contribution in [0, 0.1) is 0 Å². The van der Waals surface area contributed by atoms with E-state index in [2.05, 4.69) is 0 Å². The Hall–Kier alpha value is -1.33. The topological polar surface area (TPSA) is 52.6 Å². The van der Waals surface area contributed by atoms with Gasteiger partial charge in [-0.15, -0.1) is 11.8 Å². The molecule has 0 fully saturated rings. The van der Waals surface area contributed by atoms with Crippen molar-refractivity contribution in [2.24, 2.45) is 0 Å². The zero-order valence-electron chi connectivity index (χ0n) is 10.4. The van der Waals surface area contributed by atoms with Crippen LogP contribution in [0.25, 0.3) is 0 Å². The summed E-state index contributed by atoms with van der Waals surface area (Å²) in [5.41, 5.74) is 0.514. The molecule has 0 aliphatic heterocycles. The minimum absolute atomic E-state index is 0.161. The third-order valence-corrected chi connectivity index (χ3v) is 3.16. The Labute approximate surface area is 111 Å². The van der Waals surface area contributed by atoms with Gasteiger partial charge < -0.3 is 9.47 Å². The summed E-state index contributed by atoms with van der Waals surface area (Å²) in [5, 5.41) is -0.816. The van der Waals surface area contributed by atoms with Crippen molar-refractivity contribution in [3.05, 3.63) is 35.9 Å². The Morgan fingerprint density at radius 2 is 1.89 bits per heavy atom. The zero-order chi connectivity index (χ0) is 13.4. The van der Waals surface area contributed by atoms with E-state index >= 15 is 0 Å². The highest BCUT2D eigenvalue weighted by Crippen LogP contribution is 2.15. The lowest BCUT2D eigenvalue weighted by Gasteiger charge is -2.12. The molecule has 1 atom stereocenters. The van der Waals surface area contributed by atoms with Crippen LogP contribution in [0.5, 0.6) is 0 Å². The lowest BCUT2D eigenvalue weighted by atomic mass is 10.1. The molecule has 5 heteroatoms. The van der Waals surface area contributed by atoms with Crippen molar-refractivity contribution in [1.29, 1.82) is 0 Å². The molecule has 1 aromatic rings. The number of carbonyl (C=O) groups excluding carboxylic acids is 2. The number of rotatable bonds is 7. The van der Waals surface area contributed by atoms with E-state index in [9.17, 15) is 9.59 Å². The highest BCUT2D eigenvalue weighted by Gasteiger charge is 2.27. The summed E-state index contributed by atoms with van der Waals surface area (Å²) >= 11 is 1.17. The number of esters is 1. The average molecular weight is 268 g/mol. The van der Waals surface area contributed by atoms with Crippen LogP contribution in [0.3, 0.4) is 0 Å². The number of ketones is 1. The zero-order valence-corrected chi connectivity index (χ0v) is 11.2. The molecule has 1 rings (SSSR count). The minimum Gasteiger partial charge on any atom is -0.462 e. The van der Waals surface area contributed by atoms with Gasteiger partial charge in [-0.25, -0.2) is 0 Å². The largest absolute Gasteiger partial charge is 0.462 e. The fourth-order valence-corrected chi connectivity index (χ4v) is 1.98. The molecule has 4 nitrogen and oxygen atoms in total. The lowest BCUT2D eigenvalue weighted by Crippen LogP contribution is -2.29. The fraction of sp³-hybridized carbons (Fsp3) is 0.385. The number of hydrogen-bond acceptors (Lipinski definition) is 5. The summed E-state index contributed by atoms with van der Waals surface area (Å²) in [6, 6.07) is 8.73. The van der Waals surface area contributed by atoms with Crippen LogP contribution < -0.4 is 0 Å². The van der Waals surface area contributed by atoms with Gasteiger partial charge in [0.15, 0.2) is 11.0 Å². The number of Topliss-reactive ketones (excluding diaryl/α,β-unsaturated/α-hetero) is 1. The fourth-order valence-electron chi connectivity index (χ4n) is 1.37. The molecule has 0 bridgehead atoms. The Balaban J connectivity index is 2.65. The van der Waals surface area contributed by atoms with E-state index in [1.165, 1.54) is 18.9 Å². The highest BCUT2D eigenvalue weighted by molar-refractivity contribution is 8.00. The second kappa shape index (κ2) is 7.89. The molecular formula is C13H16O4S. The summed E-state index contributed by atoms with van der Waals surface area (Å²) < 4.78 is 9.75. The summed E-state index contributed by atoms with van der Waals surface area (Å²) in [6.45, 7) is 0.487. The van der Waals surface area contributed by atoms with E-state index in [1.54, 1.807) is 30.5 Å². The van der Waals surface area contributed by atoms with Gasteiger partial charge in [0.2, 0.25) is 0 Å². The van der Waals surface area contributed by atoms with E-state index < -0.39 is 11.2 Å². The average Bonchev–Trinajstić information content (AvgIpc) is 2.41. The van der Waals surface area contributed by atoms with Crippen molar-refractivity contribution in [2.45, 2.75) is 5.25 Å². The van der Waals surface area contributed by atoms with Gasteiger partial charge in [0.1, 0.15) is 6.61 Å². The molecule has 0 spiro atoms. The number of ether oxygens (including phenoxy) is 2. The van der Waals surface area contributed by atoms with E-state index in [0.717, 1.165) is 0 Å². The predicted molar refractivity (Wildman–Crippen MR) is 70.9 cm³/mol. The summed E-state index contributed by atoms with van der Waals surface area (Å²) in [6.07, 6.45) is 1.71. The van der Waals surface area contributed by atoms with E-state index in [-0.39, 0.29) is 12.4 Å². The minimum atomic E-state index is -0.816. The number of methoxy groups -OCH3 is 1. The quantitative estimate of drug-likeness (QED) is 0.326. The molecule has 0 aromatic heterocycles. The molecule has 18 heavy (non-hydrogen) atoms. The molecule has 98 valence electrons. The second-order valence-electron chi connectivity index (χ2n) is 3.51. The van der Waals surface area contributed by atoms with Crippen LogP contribution in [0.15, 0.2) is 30.3 Å². The third kappa shape index (κ3) is 4.16. The van der Waals surface area contributed by atoms with Gasteiger partial charge in [0, 0.05) is 12.7 Å². The number of thioether (sulfide) groups is 1. The molecule has 0 saturated carbocycles. The van der Waals surface area contributed by atoms with Crippen LogP contribution in [0.4, 0.5) is 0 Å². The molecule has 1 aromatic carbocycles. The SMILES string of the molecule is COCCOC(=O)C(SC)C(=O)c1ccccc1. The van der Waals surface area contributed by atoms with Crippen molar-refractivity contribution in [3.63, 3.8) is 0 Å². The van der Waals surface area contributed by atoms with Crippen LogP contribution >= 0.6 is 11.8 Å². The predicted octanol–water partition coefficient (Wildman–Crippen LogP) is 1.79. The van der Waals surface area contributed by atoms with Gasteiger partial charge >= 0.3 is 5.97 Å². The normalized spacial score (nSPS) is 11.9. The van der Waals surface area contributed by atoms with E-state index in [1.807, 2.05) is 6.07 Å². The second-order valence-corrected chi connectivity index (χ2v) is 4.45. The van der Waals surface area contributed by atoms with Crippen molar-refractivity contribution in [3.8, 4) is 0 Å². The lowest BCUT2D eigenvalue weighted by molar-refractivity contribution is -0.143. The number of carbonyl (C=O) groups is 2. The first kappa shape index (κ1) is 14.7.